The highest BCUT2D eigenvalue weighted by Gasteiger charge is 2.26. The van der Waals surface area contributed by atoms with Crippen LogP contribution in [0.4, 0.5) is 11.5 Å². The number of anilines is 2. The molecule has 0 saturated carbocycles. The fourth-order valence-corrected chi connectivity index (χ4v) is 3.89. The molecule has 5 nitrogen and oxygen atoms in total. The van der Waals surface area contributed by atoms with Crippen molar-refractivity contribution >= 4 is 34.4 Å². The second-order valence-electron chi connectivity index (χ2n) is 5.23. The van der Waals surface area contributed by atoms with Crippen molar-refractivity contribution in [3.8, 4) is 0 Å². The number of aryl methyl sites for hydroxylation is 1. The second-order valence-corrected chi connectivity index (χ2v) is 6.47. The molecule has 0 aromatic carbocycles. The van der Waals surface area contributed by atoms with E-state index in [4.69, 9.17) is 11.6 Å². The minimum Gasteiger partial charge on any atom is -0.383 e. The third-order valence-electron chi connectivity index (χ3n) is 3.74. The lowest BCUT2D eigenvalue weighted by atomic mass is 9.98. The zero-order valence-corrected chi connectivity index (χ0v) is 13.7. The van der Waals surface area contributed by atoms with Crippen molar-refractivity contribution in [2.45, 2.75) is 25.7 Å². The van der Waals surface area contributed by atoms with Crippen LogP contribution in [0.1, 0.15) is 29.5 Å². The summed E-state index contributed by atoms with van der Waals surface area (Å²) in [6.07, 6.45) is 3.83. The maximum atomic E-state index is 6.15. The molecular formula is C14H18ClN5S. The van der Waals surface area contributed by atoms with Crippen LogP contribution < -0.4 is 10.2 Å². The van der Waals surface area contributed by atoms with Gasteiger partial charge in [-0.1, -0.05) is 11.6 Å². The maximum Gasteiger partial charge on any atom is 0.157 e. The third kappa shape index (κ3) is 2.96. The summed E-state index contributed by atoms with van der Waals surface area (Å²) in [5.74, 6) is 1.35. The van der Waals surface area contributed by atoms with Gasteiger partial charge in [-0.15, -0.1) is 11.3 Å². The van der Waals surface area contributed by atoms with Crippen LogP contribution in [0.15, 0.2) is 11.7 Å². The number of nitrogens with one attached hydrogen (secondary N) is 1. The number of nitrogens with zero attached hydrogens (tertiary/aromatic N) is 4. The lowest BCUT2D eigenvalue weighted by Crippen LogP contribution is -2.35. The Bertz CT molecular complexity index is 630. The minimum atomic E-state index is 0.467. The maximum absolute atomic E-state index is 6.15. The smallest absolute Gasteiger partial charge is 0.157 e. The van der Waals surface area contributed by atoms with E-state index in [9.17, 15) is 0 Å². The zero-order chi connectivity index (χ0) is 14.8. The van der Waals surface area contributed by atoms with E-state index in [-0.39, 0.29) is 0 Å². The summed E-state index contributed by atoms with van der Waals surface area (Å²) in [7, 11) is 1.85. The summed E-state index contributed by atoms with van der Waals surface area (Å²) in [5, 5.41) is 6.92. The largest absolute Gasteiger partial charge is 0.383 e. The Morgan fingerprint density at radius 2 is 2.29 bits per heavy atom. The van der Waals surface area contributed by atoms with Crippen molar-refractivity contribution in [2.75, 3.05) is 30.4 Å². The number of aromatic nitrogens is 3. The van der Waals surface area contributed by atoms with Crippen LogP contribution in [0.3, 0.4) is 0 Å². The van der Waals surface area contributed by atoms with E-state index in [1.807, 2.05) is 14.0 Å². The van der Waals surface area contributed by atoms with Crippen molar-refractivity contribution in [1.29, 1.82) is 0 Å². The number of thiazole rings is 1. The molecule has 0 amide bonds. The van der Waals surface area contributed by atoms with Crippen molar-refractivity contribution < 1.29 is 0 Å². The van der Waals surface area contributed by atoms with Crippen LogP contribution in [0.25, 0.3) is 0 Å². The fourth-order valence-electron chi connectivity index (χ4n) is 2.74. The van der Waals surface area contributed by atoms with E-state index >= 15 is 0 Å². The Labute approximate surface area is 133 Å². The molecule has 0 aliphatic carbocycles. The van der Waals surface area contributed by atoms with E-state index in [1.165, 1.54) is 17.8 Å². The van der Waals surface area contributed by atoms with Gasteiger partial charge in [0.1, 0.15) is 12.0 Å². The van der Waals surface area contributed by atoms with Crippen molar-refractivity contribution in [1.82, 2.24) is 15.0 Å². The van der Waals surface area contributed by atoms with E-state index in [0.717, 1.165) is 36.7 Å². The summed E-state index contributed by atoms with van der Waals surface area (Å²) >= 11 is 7.91. The van der Waals surface area contributed by atoms with Crippen LogP contribution in [-0.4, -0.2) is 35.1 Å². The predicted octanol–water partition coefficient (Wildman–Crippen LogP) is 3.32. The Morgan fingerprint density at radius 3 is 3.00 bits per heavy atom. The molecule has 0 spiro atoms. The molecule has 112 valence electrons. The standard InChI is InChI=1S/C14H18ClN5S/c1-9-7-21-14(19-9)10-4-3-5-20(6-10)13-11(16-2)12(15)17-8-18-13/h7-8,10,16H,3-6H2,1-2H3. The van der Waals surface area contributed by atoms with E-state index < -0.39 is 0 Å². The molecule has 2 aromatic rings. The summed E-state index contributed by atoms with van der Waals surface area (Å²) in [6, 6.07) is 0. The number of hydrogen-bond donors (Lipinski definition) is 1. The van der Waals surface area contributed by atoms with Crippen LogP contribution in [0, 0.1) is 6.92 Å². The molecule has 1 aliphatic rings. The Hall–Kier alpha value is -1.40. The first-order valence-electron chi connectivity index (χ1n) is 7.04. The summed E-state index contributed by atoms with van der Waals surface area (Å²) < 4.78 is 0. The van der Waals surface area contributed by atoms with Gasteiger partial charge in [0.2, 0.25) is 0 Å². The van der Waals surface area contributed by atoms with Crippen molar-refractivity contribution in [3.63, 3.8) is 0 Å². The van der Waals surface area contributed by atoms with Crippen molar-refractivity contribution in [2.24, 2.45) is 0 Å². The van der Waals surface area contributed by atoms with Gasteiger partial charge in [0, 0.05) is 37.1 Å². The number of halogens is 1. The first-order chi connectivity index (χ1) is 10.2. The molecule has 3 rings (SSSR count). The highest BCUT2D eigenvalue weighted by molar-refractivity contribution is 7.09. The zero-order valence-electron chi connectivity index (χ0n) is 12.1. The molecule has 1 N–H and O–H groups in total. The molecular weight excluding hydrogens is 306 g/mol. The van der Waals surface area contributed by atoms with Crippen molar-refractivity contribution in [3.05, 3.63) is 27.6 Å². The van der Waals surface area contributed by atoms with Crippen LogP contribution in [0.2, 0.25) is 5.15 Å². The third-order valence-corrected chi connectivity index (χ3v) is 5.15. The quantitative estimate of drug-likeness (QED) is 0.878. The second kappa shape index (κ2) is 6.15. The van der Waals surface area contributed by atoms with E-state index in [0.29, 0.717) is 11.1 Å². The lowest BCUT2D eigenvalue weighted by Gasteiger charge is -2.33. The minimum absolute atomic E-state index is 0.467. The highest BCUT2D eigenvalue weighted by Crippen LogP contribution is 2.35. The molecule has 1 aliphatic heterocycles. The monoisotopic (exact) mass is 323 g/mol. The van der Waals surface area contributed by atoms with Gasteiger partial charge in [-0.25, -0.2) is 15.0 Å². The number of rotatable bonds is 3. The van der Waals surface area contributed by atoms with Gasteiger partial charge in [0.25, 0.3) is 0 Å². The lowest BCUT2D eigenvalue weighted by molar-refractivity contribution is 0.505. The Morgan fingerprint density at radius 1 is 1.43 bits per heavy atom. The topological polar surface area (TPSA) is 53.9 Å². The number of hydrogen-bond acceptors (Lipinski definition) is 6. The molecule has 1 fully saturated rings. The van der Waals surface area contributed by atoms with Gasteiger partial charge in [-0.3, -0.25) is 0 Å². The van der Waals surface area contributed by atoms with Crippen LogP contribution in [-0.2, 0) is 0 Å². The van der Waals surface area contributed by atoms with E-state index in [1.54, 1.807) is 11.3 Å². The molecule has 0 radical (unpaired) electrons. The van der Waals surface area contributed by atoms with Gasteiger partial charge < -0.3 is 10.2 Å². The van der Waals surface area contributed by atoms with Gasteiger partial charge in [-0.05, 0) is 19.8 Å². The average molecular weight is 324 g/mol. The molecule has 0 bridgehead atoms. The van der Waals surface area contributed by atoms with Crippen LogP contribution in [0.5, 0.6) is 0 Å². The molecule has 21 heavy (non-hydrogen) atoms. The molecule has 7 heteroatoms. The molecule has 1 atom stereocenters. The average Bonchev–Trinajstić information content (AvgIpc) is 2.94. The molecule has 3 heterocycles. The normalized spacial score (nSPS) is 18.8. The predicted molar refractivity (Wildman–Crippen MR) is 87.6 cm³/mol. The Kier molecular flexibility index (Phi) is 4.26. The van der Waals surface area contributed by atoms with Gasteiger partial charge in [-0.2, -0.15) is 0 Å². The number of piperidine rings is 1. The molecule has 1 saturated heterocycles. The summed E-state index contributed by atoms with van der Waals surface area (Å²) in [4.78, 5) is 15.4. The van der Waals surface area contributed by atoms with Gasteiger partial charge in [0.15, 0.2) is 11.0 Å². The van der Waals surface area contributed by atoms with E-state index in [2.05, 4.69) is 30.5 Å². The van der Waals surface area contributed by atoms with Gasteiger partial charge in [0.05, 0.1) is 5.01 Å². The first kappa shape index (κ1) is 14.5. The first-order valence-corrected chi connectivity index (χ1v) is 8.30. The molecule has 1 unspecified atom stereocenters. The Balaban J connectivity index is 1.85. The summed E-state index contributed by atoms with van der Waals surface area (Å²) in [5.41, 5.74) is 1.91. The van der Waals surface area contributed by atoms with Crippen LogP contribution >= 0.6 is 22.9 Å². The SMILES string of the molecule is CNc1c(Cl)ncnc1N1CCCC(c2nc(C)cs2)C1. The van der Waals surface area contributed by atoms with Gasteiger partial charge >= 0.3 is 0 Å². The summed E-state index contributed by atoms with van der Waals surface area (Å²) in [6.45, 7) is 3.96. The highest BCUT2D eigenvalue weighted by atomic mass is 35.5. The fraction of sp³-hybridized carbons (Fsp3) is 0.500. The molecule has 2 aromatic heterocycles.